The molecule has 0 amide bonds. The van der Waals surface area contributed by atoms with Crippen molar-refractivity contribution in [1.29, 1.82) is 0 Å². The van der Waals surface area contributed by atoms with Crippen LogP contribution in [-0.4, -0.2) is 35.8 Å². The summed E-state index contributed by atoms with van der Waals surface area (Å²) in [5, 5.41) is 0. The summed E-state index contributed by atoms with van der Waals surface area (Å²) >= 11 is 0. The first kappa shape index (κ1) is 15.0. The van der Waals surface area contributed by atoms with Crippen molar-refractivity contribution in [3.8, 4) is 0 Å². The normalized spacial score (nSPS) is 20.1. The molecule has 1 aliphatic heterocycles. The van der Waals surface area contributed by atoms with Crippen LogP contribution in [0.4, 0.5) is 11.6 Å². The highest BCUT2D eigenvalue weighted by molar-refractivity contribution is 5.49. The maximum atomic E-state index is 5.71. The van der Waals surface area contributed by atoms with E-state index in [1.54, 1.807) is 0 Å². The number of nitrogens with two attached hydrogens (primary N) is 1. The molecule has 1 saturated heterocycles. The van der Waals surface area contributed by atoms with Crippen LogP contribution in [0.15, 0.2) is 6.07 Å². The number of anilines is 2. The Balaban J connectivity index is 2.30. The Labute approximate surface area is 120 Å². The Morgan fingerprint density at radius 3 is 2.80 bits per heavy atom. The number of hydrogen-bond donors (Lipinski definition) is 2. The van der Waals surface area contributed by atoms with E-state index in [-0.39, 0.29) is 11.5 Å². The summed E-state index contributed by atoms with van der Waals surface area (Å²) in [5.74, 6) is 7.89. The quantitative estimate of drug-likeness (QED) is 0.647. The maximum Gasteiger partial charge on any atom is 0.145 e. The lowest BCUT2D eigenvalue weighted by molar-refractivity contribution is 0.0381. The molecule has 112 valence electrons. The molecule has 0 saturated carbocycles. The highest BCUT2D eigenvalue weighted by Crippen LogP contribution is 2.25. The van der Waals surface area contributed by atoms with Gasteiger partial charge in [-0.05, 0) is 6.42 Å². The fourth-order valence-electron chi connectivity index (χ4n) is 2.18. The van der Waals surface area contributed by atoms with Crippen molar-refractivity contribution in [3.05, 3.63) is 11.9 Å². The van der Waals surface area contributed by atoms with Gasteiger partial charge in [0.15, 0.2) is 0 Å². The summed E-state index contributed by atoms with van der Waals surface area (Å²) in [6.45, 7) is 10.9. The number of ether oxygens (including phenoxy) is 1. The molecule has 2 heterocycles. The van der Waals surface area contributed by atoms with Crippen LogP contribution < -0.4 is 16.2 Å². The van der Waals surface area contributed by atoms with Crippen LogP contribution >= 0.6 is 0 Å². The molecule has 1 fully saturated rings. The van der Waals surface area contributed by atoms with Gasteiger partial charge in [-0.15, -0.1) is 0 Å². The van der Waals surface area contributed by atoms with Gasteiger partial charge in [-0.3, -0.25) is 0 Å². The number of morpholine rings is 1. The van der Waals surface area contributed by atoms with Crippen molar-refractivity contribution >= 4 is 11.6 Å². The van der Waals surface area contributed by atoms with Crippen molar-refractivity contribution in [3.63, 3.8) is 0 Å². The summed E-state index contributed by atoms with van der Waals surface area (Å²) in [7, 11) is 0. The van der Waals surface area contributed by atoms with Gasteiger partial charge in [-0.2, -0.15) is 0 Å². The Morgan fingerprint density at radius 1 is 1.45 bits per heavy atom. The highest BCUT2D eigenvalue weighted by Gasteiger charge is 2.24. The lowest BCUT2D eigenvalue weighted by atomic mass is 9.96. The summed E-state index contributed by atoms with van der Waals surface area (Å²) in [6, 6.07) is 1.90. The number of aromatic nitrogens is 2. The molecule has 1 unspecified atom stereocenters. The average Bonchev–Trinajstić information content (AvgIpc) is 2.46. The number of hydrazine groups is 1. The topological polar surface area (TPSA) is 76.3 Å². The zero-order valence-electron chi connectivity index (χ0n) is 12.8. The molecule has 20 heavy (non-hydrogen) atoms. The standard InChI is InChI=1S/C14H25N5O/c1-5-10-9-19(6-7-20-10)12-8-11(18-15)16-13(17-12)14(2,3)4/h8,10H,5-7,9,15H2,1-4H3,(H,16,17,18). The predicted octanol–water partition coefficient (Wildman–Crippen LogP) is 1.67. The smallest absolute Gasteiger partial charge is 0.145 e. The van der Waals surface area contributed by atoms with Crippen LogP contribution in [0.1, 0.15) is 39.9 Å². The third-order valence-electron chi connectivity index (χ3n) is 3.45. The molecule has 0 aromatic carbocycles. The Kier molecular flexibility index (Phi) is 4.45. The first-order valence-electron chi connectivity index (χ1n) is 7.16. The van der Waals surface area contributed by atoms with Crippen LogP contribution in [0.5, 0.6) is 0 Å². The van der Waals surface area contributed by atoms with Crippen LogP contribution in [0, 0.1) is 0 Å². The summed E-state index contributed by atoms with van der Waals surface area (Å²) in [4.78, 5) is 11.4. The van der Waals surface area contributed by atoms with Crippen LogP contribution in [0.2, 0.25) is 0 Å². The molecular formula is C14H25N5O. The number of nitrogens with one attached hydrogen (secondary N) is 1. The van der Waals surface area contributed by atoms with E-state index in [1.807, 2.05) is 6.07 Å². The molecule has 0 aliphatic carbocycles. The molecule has 1 aliphatic rings. The van der Waals surface area contributed by atoms with E-state index in [9.17, 15) is 0 Å². The highest BCUT2D eigenvalue weighted by atomic mass is 16.5. The van der Waals surface area contributed by atoms with Gasteiger partial charge < -0.3 is 15.1 Å². The van der Waals surface area contributed by atoms with E-state index in [2.05, 4.69) is 43.0 Å². The minimum atomic E-state index is -0.113. The van der Waals surface area contributed by atoms with Gasteiger partial charge in [-0.1, -0.05) is 27.7 Å². The molecule has 6 nitrogen and oxygen atoms in total. The molecule has 0 spiro atoms. The van der Waals surface area contributed by atoms with Gasteiger partial charge in [-0.25, -0.2) is 15.8 Å². The SMILES string of the molecule is CCC1CN(c2cc(NN)nc(C(C)(C)C)n2)CCO1. The number of nitrogens with zero attached hydrogens (tertiary/aromatic N) is 3. The lowest BCUT2D eigenvalue weighted by Crippen LogP contribution is -2.43. The Hall–Kier alpha value is -1.40. The zero-order chi connectivity index (χ0) is 14.8. The van der Waals surface area contributed by atoms with Crippen molar-refractivity contribution in [1.82, 2.24) is 9.97 Å². The van der Waals surface area contributed by atoms with Crippen LogP contribution in [-0.2, 0) is 10.2 Å². The molecule has 2 rings (SSSR count). The minimum absolute atomic E-state index is 0.113. The predicted molar refractivity (Wildman–Crippen MR) is 80.8 cm³/mol. The number of nitrogen functional groups attached to an aromatic ring is 1. The van der Waals surface area contributed by atoms with Crippen molar-refractivity contribution < 1.29 is 4.74 Å². The number of rotatable bonds is 3. The average molecular weight is 279 g/mol. The largest absolute Gasteiger partial charge is 0.375 e. The lowest BCUT2D eigenvalue weighted by Gasteiger charge is -2.34. The molecule has 1 aromatic rings. The molecular weight excluding hydrogens is 254 g/mol. The Bertz CT molecular complexity index is 457. The van der Waals surface area contributed by atoms with Gasteiger partial charge in [0.1, 0.15) is 17.5 Å². The van der Waals surface area contributed by atoms with Gasteiger partial charge in [0.05, 0.1) is 12.7 Å². The number of hydrogen-bond acceptors (Lipinski definition) is 6. The van der Waals surface area contributed by atoms with Crippen LogP contribution in [0.25, 0.3) is 0 Å². The van der Waals surface area contributed by atoms with Crippen molar-refractivity contribution in [2.75, 3.05) is 30.0 Å². The molecule has 0 bridgehead atoms. The molecule has 0 radical (unpaired) electrons. The fraction of sp³-hybridized carbons (Fsp3) is 0.714. The summed E-state index contributed by atoms with van der Waals surface area (Å²) in [6.07, 6.45) is 1.28. The maximum absolute atomic E-state index is 5.71. The van der Waals surface area contributed by atoms with E-state index < -0.39 is 0 Å². The Morgan fingerprint density at radius 2 is 2.20 bits per heavy atom. The molecule has 1 atom stereocenters. The third kappa shape index (κ3) is 3.37. The monoisotopic (exact) mass is 279 g/mol. The molecule has 1 aromatic heterocycles. The second-order valence-electron chi connectivity index (χ2n) is 6.18. The third-order valence-corrected chi connectivity index (χ3v) is 3.45. The van der Waals surface area contributed by atoms with Gasteiger partial charge >= 0.3 is 0 Å². The van der Waals surface area contributed by atoms with E-state index in [4.69, 9.17) is 15.6 Å². The van der Waals surface area contributed by atoms with E-state index in [0.717, 1.165) is 37.8 Å². The first-order valence-corrected chi connectivity index (χ1v) is 7.16. The van der Waals surface area contributed by atoms with Crippen molar-refractivity contribution in [2.24, 2.45) is 5.84 Å². The second kappa shape index (κ2) is 5.93. The zero-order valence-corrected chi connectivity index (χ0v) is 12.8. The van der Waals surface area contributed by atoms with Crippen molar-refractivity contribution in [2.45, 2.75) is 45.6 Å². The van der Waals surface area contributed by atoms with E-state index in [1.165, 1.54) is 0 Å². The van der Waals surface area contributed by atoms with Gasteiger partial charge in [0.2, 0.25) is 0 Å². The molecule has 3 N–H and O–H groups in total. The van der Waals surface area contributed by atoms with Gasteiger partial charge in [0, 0.05) is 24.6 Å². The van der Waals surface area contributed by atoms with E-state index >= 15 is 0 Å². The minimum Gasteiger partial charge on any atom is -0.375 e. The summed E-state index contributed by atoms with van der Waals surface area (Å²) in [5.41, 5.74) is 2.52. The first-order chi connectivity index (χ1) is 9.44. The molecule has 6 heteroatoms. The van der Waals surface area contributed by atoms with E-state index in [0.29, 0.717) is 5.82 Å². The summed E-state index contributed by atoms with van der Waals surface area (Å²) < 4.78 is 5.71. The fourth-order valence-corrected chi connectivity index (χ4v) is 2.18. The second-order valence-corrected chi connectivity index (χ2v) is 6.18. The van der Waals surface area contributed by atoms with Gasteiger partial charge in [0.25, 0.3) is 0 Å². The van der Waals surface area contributed by atoms with Crippen LogP contribution in [0.3, 0.4) is 0 Å².